The number of likely N-dealkylation sites (tertiary alicyclic amines) is 1. The van der Waals surface area contributed by atoms with Crippen molar-refractivity contribution in [3.8, 4) is 0 Å². The number of carbonyl (C=O) groups is 2. The second-order valence-electron chi connectivity index (χ2n) is 5.75. The minimum absolute atomic E-state index is 0.0209. The molecule has 0 aliphatic carbocycles. The van der Waals surface area contributed by atoms with Crippen molar-refractivity contribution in [2.75, 3.05) is 26.8 Å². The van der Waals surface area contributed by atoms with Crippen LogP contribution in [0.4, 0.5) is 4.39 Å². The Labute approximate surface area is 131 Å². The molecule has 1 aromatic heterocycles. The molecule has 1 unspecified atom stereocenters. The number of rotatable bonds is 4. The van der Waals surface area contributed by atoms with E-state index in [1.807, 2.05) is 0 Å². The van der Waals surface area contributed by atoms with Crippen molar-refractivity contribution in [1.29, 1.82) is 0 Å². The molecule has 1 fully saturated rings. The fourth-order valence-corrected chi connectivity index (χ4v) is 3.02. The monoisotopic (exact) mass is 321 g/mol. The predicted molar refractivity (Wildman–Crippen MR) is 78.5 cm³/mol. The molecule has 1 atom stereocenters. The van der Waals surface area contributed by atoms with Crippen LogP contribution in [0.25, 0.3) is 11.0 Å². The van der Waals surface area contributed by atoms with Gasteiger partial charge >= 0.3 is 5.97 Å². The number of nitrogens with one attached hydrogen (secondary N) is 1. The third kappa shape index (κ3) is 2.55. The SMILES string of the molecule is COCC1(C(=O)O)CCN(C(=O)c2cc(F)cc3[nH]cnc23)C1. The van der Waals surface area contributed by atoms with Gasteiger partial charge in [0.05, 0.1) is 24.0 Å². The smallest absolute Gasteiger partial charge is 0.313 e. The first kappa shape index (κ1) is 15.4. The minimum Gasteiger partial charge on any atom is -0.481 e. The summed E-state index contributed by atoms with van der Waals surface area (Å²) < 4.78 is 18.7. The van der Waals surface area contributed by atoms with E-state index in [4.69, 9.17) is 4.74 Å². The second-order valence-corrected chi connectivity index (χ2v) is 5.75. The highest BCUT2D eigenvalue weighted by Crippen LogP contribution is 2.33. The van der Waals surface area contributed by atoms with Crippen LogP contribution in [-0.4, -0.2) is 58.7 Å². The van der Waals surface area contributed by atoms with E-state index >= 15 is 0 Å². The summed E-state index contributed by atoms with van der Waals surface area (Å²) in [5.41, 5.74) is -0.202. The maximum Gasteiger partial charge on any atom is 0.313 e. The number of fused-ring (bicyclic) bond motifs is 1. The van der Waals surface area contributed by atoms with Crippen LogP contribution in [0.5, 0.6) is 0 Å². The number of methoxy groups -OCH3 is 1. The number of aromatic amines is 1. The van der Waals surface area contributed by atoms with Crippen LogP contribution in [0.1, 0.15) is 16.8 Å². The van der Waals surface area contributed by atoms with Crippen molar-refractivity contribution in [1.82, 2.24) is 14.9 Å². The Kier molecular flexibility index (Phi) is 3.77. The second kappa shape index (κ2) is 5.62. The number of H-pyrrole nitrogens is 1. The molecule has 8 heteroatoms. The molecule has 1 amide bonds. The molecule has 0 radical (unpaired) electrons. The summed E-state index contributed by atoms with van der Waals surface area (Å²) in [7, 11) is 1.43. The molecule has 2 heterocycles. The van der Waals surface area contributed by atoms with Crippen LogP contribution >= 0.6 is 0 Å². The number of benzene rings is 1. The predicted octanol–water partition coefficient (Wildman–Crippen LogP) is 1.27. The topological polar surface area (TPSA) is 95.5 Å². The first-order valence-electron chi connectivity index (χ1n) is 7.11. The highest BCUT2D eigenvalue weighted by Gasteiger charge is 2.46. The van der Waals surface area contributed by atoms with Gasteiger partial charge in [-0.2, -0.15) is 0 Å². The summed E-state index contributed by atoms with van der Waals surface area (Å²) >= 11 is 0. The van der Waals surface area contributed by atoms with Gasteiger partial charge in [-0.15, -0.1) is 0 Å². The van der Waals surface area contributed by atoms with Crippen molar-refractivity contribution in [3.63, 3.8) is 0 Å². The van der Waals surface area contributed by atoms with E-state index in [9.17, 15) is 19.1 Å². The van der Waals surface area contributed by atoms with Gasteiger partial charge in [0, 0.05) is 20.2 Å². The lowest BCUT2D eigenvalue weighted by molar-refractivity contribution is -0.151. The van der Waals surface area contributed by atoms with Crippen molar-refractivity contribution in [3.05, 3.63) is 29.8 Å². The molecule has 3 rings (SSSR count). The molecule has 2 N–H and O–H groups in total. The van der Waals surface area contributed by atoms with Gasteiger partial charge in [0.2, 0.25) is 0 Å². The maximum atomic E-state index is 13.7. The van der Waals surface area contributed by atoms with Crippen molar-refractivity contribution >= 4 is 22.9 Å². The zero-order chi connectivity index (χ0) is 16.6. The van der Waals surface area contributed by atoms with E-state index in [1.54, 1.807) is 0 Å². The van der Waals surface area contributed by atoms with Gasteiger partial charge in [-0.25, -0.2) is 9.37 Å². The number of carboxylic acid groups (broad SMARTS) is 1. The zero-order valence-corrected chi connectivity index (χ0v) is 12.5. The summed E-state index contributed by atoms with van der Waals surface area (Å²) in [5, 5.41) is 9.45. The highest BCUT2D eigenvalue weighted by atomic mass is 19.1. The van der Waals surface area contributed by atoms with Crippen molar-refractivity contribution in [2.45, 2.75) is 6.42 Å². The number of amides is 1. The molecule has 1 aliphatic heterocycles. The van der Waals surface area contributed by atoms with Gasteiger partial charge in [0.15, 0.2) is 0 Å². The lowest BCUT2D eigenvalue weighted by Gasteiger charge is -2.23. The number of aliphatic carboxylic acids is 1. The number of ether oxygens (including phenoxy) is 1. The number of aromatic nitrogens is 2. The van der Waals surface area contributed by atoms with Gasteiger partial charge in [0.25, 0.3) is 5.91 Å². The fraction of sp³-hybridized carbons (Fsp3) is 0.400. The molecule has 0 bridgehead atoms. The van der Waals surface area contributed by atoms with Crippen LogP contribution in [0.15, 0.2) is 18.5 Å². The quantitative estimate of drug-likeness (QED) is 0.884. The summed E-state index contributed by atoms with van der Waals surface area (Å²) in [6.07, 6.45) is 1.68. The van der Waals surface area contributed by atoms with E-state index in [0.29, 0.717) is 17.5 Å². The Hall–Kier alpha value is -2.48. The molecule has 1 aromatic carbocycles. The normalized spacial score (nSPS) is 21.0. The molecule has 1 aliphatic rings. The lowest BCUT2D eigenvalue weighted by atomic mass is 9.88. The fourth-order valence-electron chi connectivity index (χ4n) is 3.02. The maximum absolute atomic E-state index is 13.7. The summed E-state index contributed by atoms with van der Waals surface area (Å²) in [5.74, 6) is -1.98. The molecular weight excluding hydrogens is 305 g/mol. The van der Waals surface area contributed by atoms with E-state index in [0.717, 1.165) is 6.07 Å². The first-order chi connectivity index (χ1) is 11.0. The Balaban J connectivity index is 1.92. The van der Waals surface area contributed by atoms with E-state index in [1.165, 1.54) is 24.4 Å². The van der Waals surface area contributed by atoms with E-state index < -0.39 is 23.1 Å². The number of imidazole rings is 1. The van der Waals surface area contributed by atoms with Crippen molar-refractivity contribution < 1.29 is 23.8 Å². The first-order valence-corrected chi connectivity index (χ1v) is 7.11. The number of nitrogens with zero attached hydrogens (tertiary/aromatic N) is 2. The lowest BCUT2D eigenvalue weighted by Crippen LogP contribution is -2.40. The number of hydrogen-bond donors (Lipinski definition) is 2. The average Bonchev–Trinajstić information content (AvgIpc) is 3.13. The number of hydrogen-bond acceptors (Lipinski definition) is 4. The Morgan fingerprint density at radius 3 is 3.00 bits per heavy atom. The Morgan fingerprint density at radius 2 is 2.30 bits per heavy atom. The highest BCUT2D eigenvalue weighted by molar-refractivity contribution is 6.05. The standard InChI is InChI=1S/C15H16FN3O4/c1-23-7-15(14(21)22)2-3-19(6-15)13(20)10-4-9(16)5-11-12(10)18-8-17-11/h4-5,8H,2-3,6-7H2,1H3,(H,17,18)(H,21,22). The minimum atomic E-state index is -1.12. The van der Waals surface area contributed by atoms with E-state index in [2.05, 4.69) is 9.97 Å². The molecule has 1 saturated heterocycles. The van der Waals surface area contributed by atoms with Gasteiger partial charge in [0.1, 0.15) is 16.7 Å². The third-order valence-corrected chi connectivity index (χ3v) is 4.23. The zero-order valence-electron chi connectivity index (χ0n) is 12.5. The summed E-state index contributed by atoms with van der Waals surface area (Å²) in [6.45, 7) is 0.321. The van der Waals surface area contributed by atoms with E-state index in [-0.39, 0.29) is 25.3 Å². The third-order valence-electron chi connectivity index (χ3n) is 4.23. The molecule has 7 nitrogen and oxygen atoms in total. The molecule has 23 heavy (non-hydrogen) atoms. The number of carboxylic acids is 1. The largest absolute Gasteiger partial charge is 0.481 e. The van der Waals surface area contributed by atoms with Crippen LogP contribution in [-0.2, 0) is 9.53 Å². The molecule has 0 spiro atoms. The molecule has 122 valence electrons. The van der Waals surface area contributed by atoms with Crippen molar-refractivity contribution in [2.24, 2.45) is 5.41 Å². The van der Waals surface area contributed by atoms with Gasteiger partial charge < -0.3 is 19.7 Å². The van der Waals surface area contributed by atoms with Gasteiger partial charge in [-0.3, -0.25) is 9.59 Å². The van der Waals surface area contributed by atoms with Crippen LogP contribution in [0, 0.1) is 11.2 Å². The van der Waals surface area contributed by atoms with Crippen LogP contribution < -0.4 is 0 Å². The summed E-state index contributed by atoms with van der Waals surface area (Å²) in [4.78, 5) is 32.5. The number of carbonyl (C=O) groups excluding carboxylic acids is 1. The average molecular weight is 321 g/mol. The molecule has 0 saturated carbocycles. The Morgan fingerprint density at radius 1 is 1.52 bits per heavy atom. The van der Waals surface area contributed by atoms with Gasteiger partial charge in [-0.1, -0.05) is 0 Å². The Bertz CT molecular complexity index is 775. The van der Waals surface area contributed by atoms with Gasteiger partial charge in [-0.05, 0) is 18.6 Å². The van der Waals surface area contributed by atoms with Crippen LogP contribution in [0.2, 0.25) is 0 Å². The molecular formula is C15H16FN3O4. The van der Waals surface area contributed by atoms with Crippen LogP contribution in [0.3, 0.4) is 0 Å². The molecule has 2 aromatic rings. The number of halogens is 1. The summed E-state index contributed by atoms with van der Waals surface area (Å²) in [6, 6.07) is 2.39.